The van der Waals surface area contributed by atoms with Gasteiger partial charge < -0.3 is 10.1 Å². The summed E-state index contributed by atoms with van der Waals surface area (Å²) >= 11 is 0. The average Bonchev–Trinajstić information content (AvgIpc) is 2.54. The minimum atomic E-state index is -0.500. The van der Waals surface area contributed by atoms with E-state index in [0.717, 1.165) is 0 Å². The van der Waals surface area contributed by atoms with E-state index in [4.69, 9.17) is 15.3 Å². The van der Waals surface area contributed by atoms with Crippen LogP contribution in [0.3, 0.4) is 0 Å². The number of rotatable bonds is 3. The third-order valence-electron chi connectivity index (χ3n) is 3.47. The number of para-hydroxylation sites is 1. The molecule has 1 saturated heterocycles. The SMILES string of the molecule is CC(C(=O)Nc1ccccc1C#N)N1CCOC(C#N)C1. The second-order valence-electron chi connectivity index (χ2n) is 4.81. The van der Waals surface area contributed by atoms with Crippen molar-refractivity contribution in [2.75, 3.05) is 25.0 Å². The predicted molar refractivity (Wildman–Crippen MR) is 76.2 cm³/mol. The van der Waals surface area contributed by atoms with Crippen LogP contribution in [0.1, 0.15) is 12.5 Å². The Hall–Kier alpha value is -2.41. The summed E-state index contributed by atoms with van der Waals surface area (Å²) < 4.78 is 5.26. The molecule has 1 aromatic carbocycles. The number of ether oxygens (including phenoxy) is 1. The molecule has 0 spiro atoms. The molecular weight excluding hydrogens is 268 g/mol. The van der Waals surface area contributed by atoms with Crippen molar-refractivity contribution in [1.82, 2.24) is 4.90 Å². The molecule has 1 aliphatic rings. The largest absolute Gasteiger partial charge is 0.361 e. The Morgan fingerprint density at radius 2 is 2.24 bits per heavy atom. The number of benzene rings is 1. The Morgan fingerprint density at radius 3 is 2.95 bits per heavy atom. The minimum Gasteiger partial charge on any atom is -0.361 e. The highest BCUT2D eigenvalue weighted by Gasteiger charge is 2.28. The summed E-state index contributed by atoms with van der Waals surface area (Å²) in [5.74, 6) is -0.198. The van der Waals surface area contributed by atoms with E-state index in [1.807, 2.05) is 11.0 Å². The molecule has 0 bridgehead atoms. The van der Waals surface area contributed by atoms with Gasteiger partial charge in [0.2, 0.25) is 5.91 Å². The van der Waals surface area contributed by atoms with Gasteiger partial charge in [-0.2, -0.15) is 10.5 Å². The molecular formula is C15H16N4O2. The van der Waals surface area contributed by atoms with Crippen molar-refractivity contribution in [1.29, 1.82) is 10.5 Å². The molecule has 6 nitrogen and oxygen atoms in total. The van der Waals surface area contributed by atoms with Gasteiger partial charge in [0.05, 0.1) is 30.0 Å². The topological polar surface area (TPSA) is 89.2 Å². The molecule has 1 heterocycles. The van der Waals surface area contributed by atoms with E-state index in [9.17, 15) is 4.79 Å². The molecule has 1 fully saturated rings. The summed E-state index contributed by atoms with van der Waals surface area (Å²) in [4.78, 5) is 14.2. The molecule has 1 N–H and O–H groups in total. The lowest BCUT2D eigenvalue weighted by molar-refractivity contribution is -0.123. The fraction of sp³-hybridized carbons (Fsp3) is 0.400. The fourth-order valence-corrected chi connectivity index (χ4v) is 2.19. The highest BCUT2D eigenvalue weighted by Crippen LogP contribution is 2.15. The lowest BCUT2D eigenvalue weighted by Crippen LogP contribution is -2.50. The highest BCUT2D eigenvalue weighted by atomic mass is 16.5. The number of anilines is 1. The van der Waals surface area contributed by atoms with Gasteiger partial charge in [-0.15, -0.1) is 0 Å². The van der Waals surface area contributed by atoms with Crippen molar-refractivity contribution in [3.8, 4) is 12.1 Å². The second-order valence-corrected chi connectivity index (χ2v) is 4.81. The minimum absolute atomic E-state index is 0.198. The summed E-state index contributed by atoms with van der Waals surface area (Å²) in [6.07, 6.45) is -0.500. The van der Waals surface area contributed by atoms with Crippen molar-refractivity contribution < 1.29 is 9.53 Å². The van der Waals surface area contributed by atoms with Crippen LogP contribution in [0.25, 0.3) is 0 Å². The zero-order valence-electron chi connectivity index (χ0n) is 11.7. The van der Waals surface area contributed by atoms with E-state index in [0.29, 0.717) is 30.9 Å². The maximum Gasteiger partial charge on any atom is 0.241 e. The van der Waals surface area contributed by atoms with E-state index >= 15 is 0 Å². The summed E-state index contributed by atoms with van der Waals surface area (Å²) in [6, 6.07) is 10.6. The first-order valence-corrected chi connectivity index (χ1v) is 6.71. The van der Waals surface area contributed by atoms with Crippen molar-refractivity contribution in [3.63, 3.8) is 0 Å². The number of morpholine rings is 1. The summed E-state index contributed by atoms with van der Waals surface area (Å²) in [7, 11) is 0. The highest BCUT2D eigenvalue weighted by molar-refractivity contribution is 5.95. The number of nitriles is 2. The molecule has 0 aromatic heterocycles. The van der Waals surface area contributed by atoms with Gasteiger partial charge in [0.25, 0.3) is 0 Å². The number of carbonyl (C=O) groups excluding carboxylic acids is 1. The maximum absolute atomic E-state index is 12.3. The lowest BCUT2D eigenvalue weighted by Gasteiger charge is -2.33. The third-order valence-corrected chi connectivity index (χ3v) is 3.47. The Morgan fingerprint density at radius 1 is 1.48 bits per heavy atom. The number of carbonyl (C=O) groups is 1. The number of hydrogen-bond acceptors (Lipinski definition) is 5. The lowest BCUT2D eigenvalue weighted by atomic mass is 10.1. The first-order valence-electron chi connectivity index (χ1n) is 6.71. The summed E-state index contributed by atoms with van der Waals surface area (Å²) in [6.45, 7) is 3.23. The zero-order chi connectivity index (χ0) is 15.2. The van der Waals surface area contributed by atoms with E-state index < -0.39 is 12.1 Å². The molecule has 108 valence electrons. The van der Waals surface area contributed by atoms with Crippen molar-refractivity contribution in [3.05, 3.63) is 29.8 Å². The van der Waals surface area contributed by atoms with Crippen LogP contribution in [0.5, 0.6) is 0 Å². The van der Waals surface area contributed by atoms with E-state index in [-0.39, 0.29) is 5.91 Å². The number of amides is 1. The molecule has 0 saturated carbocycles. The van der Waals surface area contributed by atoms with Crippen LogP contribution in [-0.4, -0.2) is 42.6 Å². The number of nitrogens with one attached hydrogen (secondary N) is 1. The summed E-state index contributed by atoms with van der Waals surface area (Å²) in [5.41, 5.74) is 0.928. The van der Waals surface area contributed by atoms with Crippen LogP contribution in [0, 0.1) is 22.7 Å². The molecule has 2 unspecified atom stereocenters. The van der Waals surface area contributed by atoms with E-state index in [1.165, 1.54) is 0 Å². The average molecular weight is 284 g/mol. The molecule has 21 heavy (non-hydrogen) atoms. The molecule has 0 aliphatic carbocycles. The van der Waals surface area contributed by atoms with Crippen molar-refractivity contribution in [2.24, 2.45) is 0 Å². The Kier molecular flexibility index (Phi) is 4.89. The fourth-order valence-electron chi connectivity index (χ4n) is 2.19. The van der Waals surface area contributed by atoms with Gasteiger partial charge in [-0.25, -0.2) is 0 Å². The van der Waals surface area contributed by atoms with Crippen LogP contribution in [-0.2, 0) is 9.53 Å². The normalized spacial score (nSPS) is 20.0. The van der Waals surface area contributed by atoms with Crippen LogP contribution in [0.15, 0.2) is 24.3 Å². The quantitative estimate of drug-likeness (QED) is 0.898. The zero-order valence-corrected chi connectivity index (χ0v) is 11.7. The smallest absolute Gasteiger partial charge is 0.241 e. The maximum atomic E-state index is 12.3. The van der Waals surface area contributed by atoms with E-state index in [1.54, 1.807) is 31.2 Å². The molecule has 0 radical (unpaired) electrons. The van der Waals surface area contributed by atoms with Gasteiger partial charge in [0.15, 0.2) is 6.10 Å². The van der Waals surface area contributed by atoms with Crippen molar-refractivity contribution in [2.45, 2.75) is 19.1 Å². The number of hydrogen-bond donors (Lipinski definition) is 1. The first kappa shape index (κ1) is 15.0. The number of nitrogens with zero attached hydrogens (tertiary/aromatic N) is 3. The third kappa shape index (κ3) is 3.57. The van der Waals surface area contributed by atoms with Crippen LogP contribution < -0.4 is 5.32 Å². The van der Waals surface area contributed by atoms with Gasteiger partial charge in [-0.05, 0) is 19.1 Å². The predicted octanol–water partition coefficient (Wildman–Crippen LogP) is 1.11. The Balaban J connectivity index is 2.03. The monoisotopic (exact) mass is 284 g/mol. The van der Waals surface area contributed by atoms with E-state index in [2.05, 4.69) is 11.4 Å². The molecule has 1 aliphatic heterocycles. The van der Waals surface area contributed by atoms with Crippen LogP contribution in [0.2, 0.25) is 0 Å². The van der Waals surface area contributed by atoms with Crippen LogP contribution >= 0.6 is 0 Å². The van der Waals surface area contributed by atoms with Crippen LogP contribution in [0.4, 0.5) is 5.69 Å². The molecule has 2 rings (SSSR count). The summed E-state index contributed by atoms with van der Waals surface area (Å²) in [5, 5.41) is 20.7. The molecule has 1 aromatic rings. The standard InChI is InChI=1S/C15H16N4O2/c1-11(19-6-7-21-13(9-17)10-19)15(20)18-14-5-3-2-4-12(14)8-16/h2-5,11,13H,6-7,10H2,1H3,(H,18,20). The Bertz CT molecular complexity index is 602. The first-order chi connectivity index (χ1) is 10.2. The molecule has 6 heteroatoms. The van der Waals surface area contributed by atoms with Gasteiger partial charge in [0, 0.05) is 13.1 Å². The Labute approximate surface area is 123 Å². The second kappa shape index (κ2) is 6.85. The molecule has 2 atom stereocenters. The van der Waals surface area contributed by atoms with Gasteiger partial charge >= 0.3 is 0 Å². The van der Waals surface area contributed by atoms with Crippen molar-refractivity contribution >= 4 is 11.6 Å². The van der Waals surface area contributed by atoms with Gasteiger partial charge in [-0.1, -0.05) is 12.1 Å². The van der Waals surface area contributed by atoms with Gasteiger partial charge in [-0.3, -0.25) is 9.69 Å². The molecule has 1 amide bonds. The van der Waals surface area contributed by atoms with Gasteiger partial charge in [0.1, 0.15) is 6.07 Å².